The summed E-state index contributed by atoms with van der Waals surface area (Å²) < 4.78 is 10.1. The van der Waals surface area contributed by atoms with Gasteiger partial charge in [0.2, 0.25) is 0 Å². The molecule has 4 aromatic carbocycles. The fourth-order valence-electron chi connectivity index (χ4n) is 2.98. The molecule has 0 N–H and O–H groups in total. The van der Waals surface area contributed by atoms with Crippen LogP contribution < -0.4 is 19.7 Å². The summed E-state index contributed by atoms with van der Waals surface area (Å²) in [5, 5.41) is 21.7. The first-order valence-corrected chi connectivity index (χ1v) is 10.5. The summed E-state index contributed by atoms with van der Waals surface area (Å²) in [4.78, 5) is 45.4. The van der Waals surface area contributed by atoms with E-state index in [4.69, 9.17) is 9.47 Å². The van der Waals surface area contributed by atoms with Gasteiger partial charge < -0.3 is 29.3 Å². The number of benzene rings is 4. The number of carboxylic acids is 2. The first kappa shape index (κ1) is 28.8. The quantitative estimate of drug-likeness (QED) is 0.221. The molecule has 0 aromatic heterocycles. The molecular formula is C28H18MgO8. The fourth-order valence-corrected chi connectivity index (χ4v) is 2.98. The average molecular weight is 507 g/mol. The van der Waals surface area contributed by atoms with Crippen molar-refractivity contribution in [3.63, 3.8) is 0 Å². The van der Waals surface area contributed by atoms with Gasteiger partial charge in [0, 0.05) is 11.1 Å². The number of rotatable bonds is 6. The van der Waals surface area contributed by atoms with Crippen molar-refractivity contribution < 1.29 is 38.9 Å². The molecule has 0 amide bonds. The second-order valence-corrected chi connectivity index (χ2v) is 7.07. The van der Waals surface area contributed by atoms with Crippen molar-refractivity contribution >= 4 is 46.9 Å². The van der Waals surface area contributed by atoms with Gasteiger partial charge in [-0.3, -0.25) is 0 Å². The molecule has 180 valence electrons. The molecule has 0 saturated heterocycles. The van der Waals surface area contributed by atoms with Crippen LogP contribution in [0.4, 0.5) is 0 Å². The number of hydrogen-bond acceptors (Lipinski definition) is 8. The maximum absolute atomic E-state index is 11.8. The summed E-state index contributed by atoms with van der Waals surface area (Å²) in [7, 11) is 0. The van der Waals surface area contributed by atoms with Crippen LogP contribution in [0.2, 0.25) is 0 Å². The van der Waals surface area contributed by atoms with Crippen molar-refractivity contribution in [2.24, 2.45) is 0 Å². The van der Waals surface area contributed by atoms with E-state index in [-0.39, 0.29) is 45.3 Å². The zero-order valence-corrected chi connectivity index (χ0v) is 20.8. The van der Waals surface area contributed by atoms with Crippen LogP contribution in [0.1, 0.15) is 41.4 Å². The van der Waals surface area contributed by atoms with Gasteiger partial charge in [-0.25, -0.2) is 9.59 Å². The third kappa shape index (κ3) is 8.31. The summed E-state index contributed by atoms with van der Waals surface area (Å²) in [6.07, 6.45) is 0. The molecule has 0 radical (unpaired) electrons. The largest absolute Gasteiger partial charge is 2.00 e. The van der Waals surface area contributed by atoms with E-state index in [9.17, 15) is 29.4 Å². The van der Waals surface area contributed by atoms with Gasteiger partial charge in [0.05, 0.1) is 23.1 Å². The number of hydrogen-bond donors (Lipinski definition) is 0. The van der Waals surface area contributed by atoms with Crippen molar-refractivity contribution in [3.05, 3.63) is 131 Å². The van der Waals surface area contributed by atoms with E-state index >= 15 is 0 Å². The molecular weight excluding hydrogens is 489 g/mol. The zero-order valence-electron chi connectivity index (χ0n) is 19.4. The second kappa shape index (κ2) is 14.2. The van der Waals surface area contributed by atoms with Crippen molar-refractivity contribution in [1.29, 1.82) is 0 Å². The van der Waals surface area contributed by atoms with E-state index < -0.39 is 23.9 Å². The van der Waals surface area contributed by atoms with Gasteiger partial charge in [-0.15, -0.1) is 0 Å². The Labute approximate surface area is 228 Å². The van der Waals surface area contributed by atoms with Crippen LogP contribution in [0.3, 0.4) is 0 Å². The molecule has 9 heteroatoms. The maximum atomic E-state index is 11.8. The van der Waals surface area contributed by atoms with Crippen molar-refractivity contribution in [1.82, 2.24) is 0 Å². The Balaban J connectivity index is 0.000000253. The van der Waals surface area contributed by atoms with Gasteiger partial charge in [0.15, 0.2) is 0 Å². The fraction of sp³-hybridized carbons (Fsp3) is 0. The number of carbonyl (C=O) groups is 4. The van der Waals surface area contributed by atoms with Gasteiger partial charge in [0.1, 0.15) is 11.5 Å². The molecule has 0 unspecified atom stereocenters. The van der Waals surface area contributed by atoms with E-state index in [0.29, 0.717) is 11.5 Å². The Morgan fingerprint density at radius 3 is 1.00 bits per heavy atom. The number of para-hydroxylation sites is 2. The van der Waals surface area contributed by atoms with Crippen LogP contribution in [0.15, 0.2) is 109 Å². The molecule has 4 aromatic rings. The summed E-state index contributed by atoms with van der Waals surface area (Å²) in [6.45, 7) is 0. The van der Waals surface area contributed by atoms with Crippen molar-refractivity contribution in [2.45, 2.75) is 0 Å². The number of ether oxygens (including phenoxy) is 2. The van der Waals surface area contributed by atoms with Crippen molar-refractivity contribution in [3.8, 4) is 11.5 Å². The number of carboxylic acid groups (broad SMARTS) is 2. The molecule has 0 aliphatic rings. The summed E-state index contributed by atoms with van der Waals surface area (Å²) in [5.41, 5.74) is -0.417. The average Bonchev–Trinajstić information content (AvgIpc) is 2.90. The normalized spacial score (nSPS) is 9.51. The van der Waals surface area contributed by atoms with Gasteiger partial charge in [-0.05, 0) is 36.4 Å². The summed E-state index contributed by atoms with van der Waals surface area (Å²) >= 11 is 0. The Morgan fingerprint density at radius 2 is 0.703 bits per heavy atom. The maximum Gasteiger partial charge on any atom is 2.00 e. The van der Waals surface area contributed by atoms with E-state index in [1.807, 2.05) is 0 Å². The van der Waals surface area contributed by atoms with Crippen LogP contribution in [-0.4, -0.2) is 46.9 Å². The van der Waals surface area contributed by atoms with Gasteiger partial charge in [-0.2, -0.15) is 0 Å². The Morgan fingerprint density at radius 1 is 0.432 bits per heavy atom. The van der Waals surface area contributed by atoms with Gasteiger partial charge in [-0.1, -0.05) is 72.8 Å². The topological polar surface area (TPSA) is 133 Å². The smallest absolute Gasteiger partial charge is 0.545 e. The van der Waals surface area contributed by atoms with E-state index in [1.54, 1.807) is 72.8 Å². The Hall–Kier alpha value is -4.47. The molecule has 0 spiro atoms. The van der Waals surface area contributed by atoms with Crippen molar-refractivity contribution in [2.75, 3.05) is 0 Å². The van der Waals surface area contributed by atoms with Crippen LogP contribution in [0.5, 0.6) is 11.5 Å². The third-order valence-corrected chi connectivity index (χ3v) is 4.64. The van der Waals surface area contributed by atoms with Crippen LogP contribution >= 0.6 is 0 Å². The minimum absolute atomic E-state index is 0. The minimum Gasteiger partial charge on any atom is -0.545 e. The minimum atomic E-state index is -1.41. The van der Waals surface area contributed by atoms with Gasteiger partial charge in [0.25, 0.3) is 0 Å². The molecule has 0 bridgehead atoms. The number of carbonyl (C=O) groups excluding carboxylic acids is 4. The third-order valence-electron chi connectivity index (χ3n) is 4.64. The predicted octanol–water partition coefficient (Wildman–Crippen LogP) is 2.16. The predicted molar refractivity (Wildman–Crippen MR) is 130 cm³/mol. The zero-order chi connectivity index (χ0) is 25.9. The first-order chi connectivity index (χ1) is 17.4. The molecule has 0 heterocycles. The molecule has 0 atom stereocenters. The van der Waals surface area contributed by atoms with Crippen LogP contribution in [0.25, 0.3) is 0 Å². The monoisotopic (exact) mass is 506 g/mol. The Kier molecular flexibility index (Phi) is 11.0. The summed E-state index contributed by atoms with van der Waals surface area (Å²) in [5.74, 6) is -3.54. The van der Waals surface area contributed by atoms with E-state index in [0.717, 1.165) is 0 Å². The molecule has 8 nitrogen and oxygen atoms in total. The molecule has 37 heavy (non-hydrogen) atoms. The summed E-state index contributed by atoms with van der Waals surface area (Å²) in [6, 6.07) is 28.4. The molecule has 0 aliphatic carbocycles. The number of esters is 2. The van der Waals surface area contributed by atoms with E-state index in [1.165, 1.54) is 36.4 Å². The Bertz CT molecular complexity index is 1260. The van der Waals surface area contributed by atoms with Gasteiger partial charge >= 0.3 is 35.0 Å². The SMILES string of the molecule is O=C([O-])c1ccccc1C(=O)Oc1ccccc1.O=C([O-])c1ccccc1C(=O)Oc1ccccc1.[Mg+2]. The molecule has 4 rings (SSSR count). The van der Waals surface area contributed by atoms with E-state index in [2.05, 4.69) is 0 Å². The molecule has 0 fully saturated rings. The number of aromatic carboxylic acids is 2. The first-order valence-electron chi connectivity index (χ1n) is 10.5. The molecule has 0 saturated carbocycles. The second-order valence-electron chi connectivity index (χ2n) is 7.07. The van der Waals surface area contributed by atoms with Crippen LogP contribution in [-0.2, 0) is 0 Å². The molecule has 0 aliphatic heterocycles. The van der Waals surface area contributed by atoms with Crippen LogP contribution in [0, 0.1) is 0 Å². The standard InChI is InChI=1S/2C14H10O4.Mg/c2*15-13(16)11-8-4-5-9-12(11)14(17)18-10-6-2-1-3-7-10;/h2*1-9H,(H,15,16);/q;;+2/p-2.